The topological polar surface area (TPSA) is 16.4 Å². The number of para-hydroxylation sites is 2. The van der Waals surface area contributed by atoms with Crippen molar-refractivity contribution < 1.29 is 4.42 Å². The van der Waals surface area contributed by atoms with Gasteiger partial charge in [-0.05, 0) is 115 Å². The molecule has 0 radical (unpaired) electrons. The summed E-state index contributed by atoms with van der Waals surface area (Å²) in [5.41, 5.74) is 22.3. The fourth-order valence-electron chi connectivity index (χ4n) is 11.3. The normalized spacial score (nSPS) is 14.4. The maximum atomic E-state index is 7.03. The Morgan fingerprint density at radius 1 is 0.383 bits per heavy atom. The van der Waals surface area contributed by atoms with Gasteiger partial charge in [0.2, 0.25) is 0 Å². The van der Waals surface area contributed by atoms with Gasteiger partial charge in [0.25, 0.3) is 0 Å². The predicted octanol–water partition coefficient (Wildman–Crippen LogP) is 15.4. The van der Waals surface area contributed by atoms with E-state index in [1.54, 1.807) is 0 Å². The highest BCUT2D eigenvalue weighted by Gasteiger charge is 2.53. The molecule has 9 aromatic carbocycles. The summed E-state index contributed by atoms with van der Waals surface area (Å²) in [7, 11) is 0. The summed E-state index contributed by atoms with van der Waals surface area (Å²) in [4.78, 5) is 2.53. The van der Waals surface area contributed by atoms with E-state index in [4.69, 9.17) is 4.42 Å². The molecule has 2 nitrogen and oxygen atoms in total. The van der Waals surface area contributed by atoms with Crippen molar-refractivity contribution in [1.29, 1.82) is 0 Å². The molecule has 0 N–H and O–H groups in total. The largest absolute Gasteiger partial charge is 0.456 e. The second-order valence-electron chi connectivity index (χ2n) is 17.2. The monoisotopic (exact) mass is 765 g/mol. The van der Waals surface area contributed by atoms with E-state index in [0.717, 1.165) is 39.0 Å². The van der Waals surface area contributed by atoms with Gasteiger partial charge in [-0.1, -0.05) is 172 Å². The first-order chi connectivity index (χ1) is 29.5. The molecule has 0 unspecified atom stereocenters. The molecule has 0 atom stereocenters. The van der Waals surface area contributed by atoms with E-state index >= 15 is 0 Å². The molecule has 60 heavy (non-hydrogen) atoms. The van der Waals surface area contributed by atoms with Gasteiger partial charge in [-0.15, -0.1) is 0 Å². The van der Waals surface area contributed by atoms with Crippen LogP contribution < -0.4 is 4.90 Å². The van der Waals surface area contributed by atoms with Gasteiger partial charge < -0.3 is 9.32 Å². The summed E-state index contributed by atoms with van der Waals surface area (Å²) >= 11 is 0. The first-order valence-corrected chi connectivity index (χ1v) is 21.0. The molecule has 13 rings (SSSR count). The molecule has 2 heteroatoms. The summed E-state index contributed by atoms with van der Waals surface area (Å²) in [5, 5.41) is 2.22. The highest BCUT2D eigenvalue weighted by Crippen LogP contribution is 2.67. The predicted molar refractivity (Wildman–Crippen MR) is 248 cm³/mol. The summed E-state index contributed by atoms with van der Waals surface area (Å²) in [5.74, 6) is 0. The summed E-state index contributed by atoms with van der Waals surface area (Å²) in [6.07, 6.45) is 0. The lowest BCUT2D eigenvalue weighted by molar-refractivity contribution is 0.660. The molecule has 10 aromatic rings. The zero-order chi connectivity index (χ0) is 39.7. The van der Waals surface area contributed by atoms with Crippen LogP contribution in [0, 0.1) is 0 Å². The molecule has 0 amide bonds. The van der Waals surface area contributed by atoms with Crippen LogP contribution >= 0.6 is 0 Å². The minimum atomic E-state index is -0.571. The Balaban J connectivity index is 1.21. The summed E-state index contributed by atoms with van der Waals surface area (Å²) < 4.78 is 7.03. The molecule has 0 aliphatic heterocycles. The Hall–Kier alpha value is -7.42. The highest BCUT2D eigenvalue weighted by molar-refractivity contribution is 6.20. The molecule has 1 heterocycles. The van der Waals surface area contributed by atoms with Crippen molar-refractivity contribution in [3.05, 3.63) is 234 Å². The Bertz CT molecular complexity index is 3360. The molecule has 0 bridgehead atoms. The van der Waals surface area contributed by atoms with Crippen LogP contribution in [-0.4, -0.2) is 0 Å². The molecular formula is C58H39NO. The van der Waals surface area contributed by atoms with Gasteiger partial charge in [0, 0.05) is 27.7 Å². The van der Waals surface area contributed by atoms with E-state index in [1.165, 1.54) is 77.9 Å². The maximum absolute atomic E-state index is 7.03. The van der Waals surface area contributed by atoms with Crippen LogP contribution in [0.5, 0.6) is 0 Å². The minimum Gasteiger partial charge on any atom is -0.456 e. The smallest absolute Gasteiger partial charge is 0.137 e. The van der Waals surface area contributed by atoms with E-state index in [-0.39, 0.29) is 5.41 Å². The second-order valence-corrected chi connectivity index (χ2v) is 17.2. The van der Waals surface area contributed by atoms with Gasteiger partial charge >= 0.3 is 0 Å². The van der Waals surface area contributed by atoms with Crippen LogP contribution in [0.4, 0.5) is 17.1 Å². The third-order valence-corrected chi connectivity index (χ3v) is 13.9. The van der Waals surface area contributed by atoms with E-state index in [1.807, 2.05) is 0 Å². The van der Waals surface area contributed by atoms with Crippen molar-refractivity contribution in [1.82, 2.24) is 0 Å². The van der Waals surface area contributed by atoms with Crippen molar-refractivity contribution in [2.45, 2.75) is 24.7 Å². The van der Waals surface area contributed by atoms with Crippen molar-refractivity contribution in [2.75, 3.05) is 4.90 Å². The minimum absolute atomic E-state index is 0.168. The van der Waals surface area contributed by atoms with Crippen molar-refractivity contribution in [3.8, 4) is 44.5 Å². The molecule has 3 aliphatic carbocycles. The van der Waals surface area contributed by atoms with Crippen LogP contribution in [0.1, 0.15) is 47.2 Å². The van der Waals surface area contributed by atoms with Crippen molar-refractivity contribution >= 4 is 39.0 Å². The number of rotatable bonds is 4. The number of fused-ring (bicyclic) bond motifs is 16. The van der Waals surface area contributed by atoms with E-state index < -0.39 is 5.41 Å². The number of benzene rings is 9. The van der Waals surface area contributed by atoms with Crippen molar-refractivity contribution in [3.63, 3.8) is 0 Å². The van der Waals surface area contributed by atoms with E-state index in [9.17, 15) is 0 Å². The molecule has 1 aromatic heterocycles. The van der Waals surface area contributed by atoms with Gasteiger partial charge in [0.15, 0.2) is 0 Å². The first-order valence-electron chi connectivity index (χ1n) is 21.0. The molecule has 0 fully saturated rings. The number of furan rings is 1. The Morgan fingerprint density at radius 2 is 0.967 bits per heavy atom. The van der Waals surface area contributed by atoms with Gasteiger partial charge in [-0.25, -0.2) is 0 Å². The lowest BCUT2D eigenvalue weighted by Gasteiger charge is -2.32. The van der Waals surface area contributed by atoms with Crippen LogP contribution in [0.15, 0.2) is 205 Å². The number of nitrogens with zero attached hydrogens (tertiary/aromatic N) is 1. The van der Waals surface area contributed by atoms with Crippen LogP contribution in [0.25, 0.3) is 66.4 Å². The molecular weight excluding hydrogens is 727 g/mol. The molecule has 0 saturated heterocycles. The average molecular weight is 766 g/mol. The van der Waals surface area contributed by atoms with E-state index in [2.05, 4.69) is 219 Å². The third kappa shape index (κ3) is 4.27. The van der Waals surface area contributed by atoms with Crippen molar-refractivity contribution in [2.24, 2.45) is 0 Å². The lowest BCUT2D eigenvalue weighted by atomic mass is 9.70. The molecule has 3 aliphatic rings. The highest BCUT2D eigenvalue weighted by atomic mass is 16.3. The fourth-order valence-corrected chi connectivity index (χ4v) is 11.3. The Kier molecular flexibility index (Phi) is 6.74. The first kappa shape index (κ1) is 33.5. The number of hydrogen-bond donors (Lipinski definition) is 0. The van der Waals surface area contributed by atoms with Gasteiger partial charge in [0.1, 0.15) is 11.2 Å². The molecule has 282 valence electrons. The Labute approximate surface area is 349 Å². The van der Waals surface area contributed by atoms with Gasteiger partial charge in [-0.3, -0.25) is 0 Å². The fraction of sp³-hybridized carbons (Fsp3) is 0.0690. The van der Waals surface area contributed by atoms with E-state index in [0.29, 0.717) is 0 Å². The number of hydrogen-bond acceptors (Lipinski definition) is 2. The zero-order valence-corrected chi connectivity index (χ0v) is 33.4. The molecule has 0 saturated carbocycles. The molecule has 1 spiro atoms. The van der Waals surface area contributed by atoms with Crippen LogP contribution in [0.2, 0.25) is 0 Å². The zero-order valence-electron chi connectivity index (χ0n) is 33.4. The third-order valence-electron chi connectivity index (χ3n) is 13.9. The Morgan fingerprint density at radius 3 is 1.70 bits per heavy atom. The maximum Gasteiger partial charge on any atom is 0.137 e. The van der Waals surface area contributed by atoms with Gasteiger partial charge in [-0.2, -0.15) is 0 Å². The lowest BCUT2D eigenvalue weighted by Crippen LogP contribution is -2.26. The summed E-state index contributed by atoms with van der Waals surface area (Å²) in [6, 6.07) is 74.1. The average Bonchev–Trinajstić information content (AvgIpc) is 3.99. The SMILES string of the molecule is CC1(C)c2ccccc2-c2ccc(N(c3ccccc3)c3c4c(cc5oc6ccccc6c35)C3(c5ccccc5-c5ccccc53)c3ccc(-c5ccccc5)cc3-4)cc21. The van der Waals surface area contributed by atoms with Gasteiger partial charge in [0.05, 0.1) is 16.5 Å². The quantitative estimate of drug-likeness (QED) is 0.177. The van der Waals surface area contributed by atoms with Crippen LogP contribution in [0.3, 0.4) is 0 Å². The summed E-state index contributed by atoms with van der Waals surface area (Å²) in [6.45, 7) is 4.74. The number of anilines is 3. The second kappa shape index (κ2) is 12.1. The van der Waals surface area contributed by atoms with Crippen LogP contribution in [-0.2, 0) is 10.8 Å². The standard InChI is InChI=1S/C58H39NO/c1-57(2)46-25-13-9-21-40(46)43-31-30-39(34-50(43)57)59(38-19-7-4-8-20-38)56-54-45-33-37(36-17-5-3-6-18-36)29-32-49(45)58(47-26-14-10-22-41(47)42-23-11-15-27-48(42)58)51(54)35-53-55(56)44-24-12-16-28-52(44)60-53/h3-35H,1-2H3.